The normalized spacial score (nSPS) is 14.7. The van der Waals surface area contributed by atoms with Crippen molar-refractivity contribution in [3.05, 3.63) is 48.3 Å². The number of carbonyl (C=O) groups excluding carboxylic acids is 1. The molecule has 25 heavy (non-hydrogen) atoms. The molecule has 1 amide bonds. The van der Waals surface area contributed by atoms with Crippen LogP contribution in [0.2, 0.25) is 0 Å². The van der Waals surface area contributed by atoms with Gasteiger partial charge >= 0.3 is 0 Å². The molecule has 1 aliphatic rings. The fraction of sp³-hybridized carbons (Fsp3) is 0.400. The van der Waals surface area contributed by atoms with E-state index >= 15 is 0 Å². The summed E-state index contributed by atoms with van der Waals surface area (Å²) in [5, 5.41) is 2.89. The number of nitrogens with zero attached hydrogens (tertiary/aromatic N) is 2. The minimum absolute atomic E-state index is 0.194. The van der Waals surface area contributed by atoms with Gasteiger partial charge in [0, 0.05) is 30.7 Å². The van der Waals surface area contributed by atoms with Crippen molar-refractivity contribution in [3.8, 4) is 5.75 Å². The van der Waals surface area contributed by atoms with E-state index < -0.39 is 0 Å². The zero-order valence-corrected chi connectivity index (χ0v) is 14.7. The monoisotopic (exact) mass is 339 g/mol. The van der Waals surface area contributed by atoms with Crippen molar-refractivity contribution >= 4 is 17.3 Å². The second kappa shape index (κ2) is 8.51. The third-order valence-corrected chi connectivity index (χ3v) is 4.37. The Kier molecular flexibility index (Phi) is 5.88. The van der Waals surface area contributed by atoms with Crippen molar-refractivity contribution in [1.29, 1.82) is 0 Å². The van der Waals surface area contributed by atoms with Crippen LogP contribution in [0.1, 0.15) is 43.1 Å². The van der Waals surface area contributed by atoms with Gasteiger partial charge in [0.25, 0.3) is 5.91 Å². The van der Waals surface area contributed by atoms with Gasteiger partial charge in [-0.05, 0) is 56.2 Å². The molecule has 132 valence electrons. The molecule has 1 aliphatic heterocycles. The smallest absolute Gasteiger partial charge is 0.274 e. The van der Waals surface area contributed by atoms with E-state index in [1.807, 2.05) is 43.3 Å². The molecule has 0 spiro atoms. The Bertz CT molecular complexity index is 692. The first-order valence-corrected chi connectivity index (χ1v) is 9.01. The van der Waals surface area contributed by atoms with Crippen molar-refractivity contribution in [2.24, 2.45) is 0 Å². The van der Waals surface area contributed by atoms with E-state index in [0.717, 1.165) is 30.2 Å². The molecule has 5 heteroatoms. The van der Waals surface area contributed by atoms with E-state index in [1.54, 1.807) is 6.20 Å². The molecule has 0 bridgehead atoms. The lowest BCUT2D eigenvalue weighted by molar-refractivity contribution is 0.102. The van der Waals surface area contributed by atoms with Gasteiger partial charge < -0.3 is 15.0 Å². The Labute approximate surface area is 149 Å². The van der Waals surface area contributed by atoms with E-state index in [9.17, 15) is 4.79 Å². The zero-order valence-electron chi connectivity index (χ0n) is 14.7. The van der Waals surface area contributed by atoms with Gasteiger partial charge in [-0.1, -0.05) is 12.8 Å². The Hall–Kier alpha value is -2.56. The molecule has 0 radical (unpaired) electrons. The van der Waals surface area contributed by atoms with Crippen LogP contribution in [0.15, 0.2) is 42.6 Å². The molecule has 1 aromatic heterocycles. The van der Waals surface area contributed by atoms with E-state index in [2.05, 4.69) is 15.2 Å². The van der Waals surface area contributed by atoms with Crippen LogP contribution in [0, 0.1) is 0 Å². The van der Waals surface area contributed by atoms with Crippen LogP contribution < -0.4 is 15.0 Å². The molecule has 2 aromatic rings. The molecule has 1 N–H and O–H groups in total. The van der Waals surface area contributed by atoms with E-state index in [1.165, 1.54) is 25.7 Å². The fourth-order valence-corrected chi connectivity index (χ4v) is 3.07. The second-order valence-electron chi connectivity index (χ2n) is 6.21. The lowest BCUT2D eigenvalue weighted by Gasteiger charge is -2.22. The summed E-state index contributed by atoms with van der Waals surface area (Å²) in [5.74, 6) is 0.600. The third kappa shape index (κ3) is 4.72. The Morgan fingerprint density at radius 2 is 1.84 bits per heavy atom. The summed E-state index contributed by atoms with van der Waals surface area (Å²) in [4.78, 5) is 19.1. The molecule has 1 aromatic carbocycles. The van der Waals surface area contributed by atoms with Gasteiger partial charge in [0.1, 0.15) is 11.4 Å². The number of nitrogens with one attached hydrogen (secondary N) is 1. The number of rotatable bonds is 5. The van der Waals surface area contributed by atoms with Crippen LogP contribution in [0.4, 0.5) is 11.4 Å². The van der Waals surface area contributed by atoms with Crippen LogP contribution >= 0.6 is 0 Å². The number of aromatic nitrogens is 1. The van der Waals surface area contributed by atoms with Crippen molar-refractivity contribution in [2.45, 2.75) is 32.6 Å². The topological polar surface area (TPSA) is 54.5 Å². The molecular weight excluding hydrogens is 314 g/mol. The van der Waals surface area contributed by atoms with Crippen LogP contribution in [0.5, 0.6) is 5.75 Å². The van der Waals surface area contributed by atoms with Crippen LogP contribution in [0.25, 0.3) is 0 Å². The Morgan fingerprint density at radius 3 is 2.52 bits per heavy atom. The van der Waals surface area contributed by atoms with Crippen LogP contribution in [0.3, 0.4) is 0 Å². The average molecular weight is 339 g/mol. The predicted octanol–water partition coefficient (Wildman–Crippen LogP) is 4.11. The van der Waals surface area contributed by atoms with Gasteiger partial charge in [0.05, 0.1) is 6.61 Å². The number of carbonyl (C=O) groups is 1. The van der Waals surface area contributed by atoms with E-state index in [0.29, 0.717) is 12.3 Å². The summed E-state index contributed by atoms with van der Waals surface area (Å²) in [6.45, 7) is 4.66. The molecular formula is C20H25N3O2. The van der Waals surface area contributed by atoms with E-state index in [-0.39, 0.29) is 5.91 Å². The highest BCUT2D eigenvalue weighted by Crippen LogP contribution is 2.21. The summed E-state index contributed by atoms with van der Waals surface area (Å²) < 4.78 is 5.41. The first kappa shape index (κ1) is 17.3. The number of anilines is 2. The van der Waals surface area contributed by atoms with Crippen molar-refractivity contribution in [3.63, 3.8) is 0 Å². The highest BCUT2D eigenvalue weighted by atomic mass is 16.5. The van der Waals surface area contributed by atoms with Gasteiger partial charge in [-0.3, -0.25) is 9.78 Å². The first-order valence-electron chi connectivity index (χ1n) is 9.01. The van der Waals surface area contributed by atoms with Gasteiger partial charge in [-0.2, -0.15) is 0 Å². The largest absolute Gasteiger partial charge is 0.494 e. The van der Waals surface area contributed by atoms with Gasteiger partial charge in [-0.25, -0.2) is 0 Å². The minimum atomic E-state index is -0.194. The fourth-order valence-electron chi connectivity index (χ4n) is 3.07. The van der Waals surface area contributed by atoms with E-state index in [4.69, 9.17) is 4.74 Å². The molecule has 0 saturated carbocycles. The number of amides is 1. The SMILES string of the molecule is CCOc1ccc(NC(=O)c2cc(N3CCCCCC3)ccn2)cc1. The van der Waals surface area contributed by atoms with Crippen molar-refractivity contribution in [2.75, 3.05) is 29.9 Å². The minimum Gasteiger partial charge on any atom is -0.494 e. The number of benzene rings is 1. The summed E-state index contributed by atoms with van der Waals surface area (Å²) in [5.41, 5.74) is 2.25. The van der Waals surface area contributed by atoms with Crippen LogP contribution in [-0.4, -0.2) is 30.6 Å². The Balaban J connectivity index is 1.68. The average Bonchev–Trinajstić information content (AvgIpc) is 2.93. The molecule has 1 fully saturated rings. The lowest BCUT2D eigenvalue weighted by atomic mass is 10.2. The zero-order chi connectivity index (χ0) is 17.5. The lowest BCUT2D eigenvalue weighted by Crippen LogP contribution is -2.24. The van der Waals surface area contributed by atoms with Crippen molar-refractivity contribution < 1.29 is 9.53 Å². The molecule has 2 heterocycles. The van der Waals surface area contributed by atoms with Crippen molar-refractivity contribution in [1.82, 2.24) is 4.98 Å². The summed E-state index contributed by atoms with van der Waals surface area (Å²) in [6, 6.07) is 11.2. The van der Waals surface area contributed by atoms with Gasteiger partial charge in [0.2, 0.25) is 0 Å². The maximum atomic E-state index is 12.5. The molecule has 1 saturated heterocycles. The molecule has 0 unspecified atom stereocenters. The van der Waals surface area contributed by atoms with Gasteiger partial charge in [0.15, 0.2) is 0 Å². The van der Waals surface area contributed by atoms with Gasteiger partial charge in [-0.15, -0.1) is 0 Å². The first-order chi connectivity index (χ1) is 12.3. The van der Waals surface area contributed by atoms with Crippen LogP contribution in [-0.2, 0) is 0 Å². The Morgan fingerprint density at radius 1 is 1.12 bits per heavy atom. The maximum absolute atomic E-state index is 12.5. The second-order valence-corrected chi connectivity index (χ2v) is 6.21. The molecule has 5 nitrogen and oxygen atoms in total. The quantitative estimate of drug-likeness (QED) is 0.890. The standard InChI is InChI=1S/C20H25N3O2/c1-2-25-18-9-7-16(8-10-18)22-20(24)19-15-17(11-12-21-19)23-13-5-3-4-6-14-23/h7-12,15H,2-6,13-14H2,1H3,(H,22,24). The predicted molar refractivity (Wildman–Crippen MR) is 100 cm³/mol. The summed E-state index contributed by atoms with van der Waals surface area (Å²) in [6.07, 6.45) is 6.69. The number of pyridine rings is 1. The third-order valence-electron chi connectivity index (χ3n) is 4.37. The molecule has 0 aliphatic carbocycles. The number of ether oxygens (including phenoxy) is 1. The summed E-state index contributed by atoms with van der Waals surface area (Å²) >= 11 is 0. The summed E-state index contributed by atoms with van der Waals surface area (Å²) in [7, 11) is 0. The number of hydrogen-bond acceptors (Lipinski definition) is 4. The maximum Gasteiger partial charge on any atom is 0.274 e. The number of hydrogen-bond donors (Lipinski definition) is 1. The molecule has 0 atom stereocenters. The highest BCUT2D eigenvalue weighted by molar-refractivity contribution is 6.03. The highest BCUT2D eigenvalue weighted by Gasteiger charge is 2.13. The molecule has 3 rings (SSSR count).